The van der Waals surface area contributed by atoms with Crippen LogP contribution in [-0.2, 0) is 6.54 Å². The normalized spacial score (nSPS) is 10.7. The molecule has 20 heavy (non-hydrogen) atoms. The van der Waals surface area contributed by atoms with E-state index in [0.717, 1.165) is 21.4 Å². The number of aromatic nitrogens is 1. The third-order valence-corrected chi connectivity index (χ3v) is 3.58. The van der Waals surface area contributed by atoms with Gasteiger partial charge in [0.25, 0.3) is 0 Å². The third-order valence-electron chi connectivity index (χ3n) is 3.25. The lowest BCUT2D eigenvalue weighted by Gasteiger charge is -2.01. The molecule has 0 saturated carbocycles. The molecule has 98 valence electrons. The number of hydrogen-bond donors (Lipinski definition) is 0. The van der Waals surface area contributed by atoms with Gasteiger partial charge in [0.1, 0.15) is 0 Å². The first-order valence-corrected chi connectivity index (χ1v) is 6.77. The Morgan fingerprint density at radius 3 is 2.60 bits per heavy atom. The number of carbonyl (C=O) groups is 1. The molecule has 3 heteroatoms. The fourth-order valence-electron chi connectivity index (χ4n) is 2.21. The molecule has 0 aliphatic rings. The van der Waals surface area contributed by atoms with E-state index in [1.165, 1.54) is 0 Å². The molecule has 1 heterocycles. The molecule has 0 atom stereocenters. The lowest BCUT2D eigenvalue weighted by molar-refractivity contribution is -0.681. The minimum absolute atomic E-state index is 0.0944. The summed E-state index contributed by atoms with van der Waals surface area (Å²) in [4.78, 5) is 12.2. The number of hydrogen-bond acceptors (Lipinski definition) is 1. The van der Waals surface area contributed by atoms with E-state index in [9.17, 15) is 4.79 Å². The number of ketones is 1. The molecule has 0 aliphatic carbocycles. The number of rotatable bonds is 3. The average molecular weight is 283 g/mol. The number of carbonyl (C=O) groups excluding carboxylic acids is 1. The topological polar surface area (TPSA) is 20.9 Å². The summed E-state index contributed by atoms with van der Waals surface area (Å²) in [6, 6.07) is 17.0. The van der Waals surface area contributed by atoms with Gasteiger partial charge in [0, 0.05) is 27.4 Å². The largest absolute Gasteiger partial charge is 0.287 e. The second kappa shape index (κ2) is 5.43. The second-order valence-electron chi connectivity index (χ2n) is 4.65. The highest BCUT2D eigenvalue weighted by atomic mass is 35.5. The highest BCUT2D eigenvalue weighted by Gasteiger charge is 2.12. The molecule has 1 aromatic heterocycles. The maximum atomic E-state index is 12.2. The van der Waals surface area contributed by atoms with Crippen LogP contribution in [0.25, 0.3) is 10.8 Å². The molecule has 0 radical (unpaired) electrons. The first-order valence-electron chi connectivity index (χ1n) is 6.39. The Hall–Kier alpha value is -2.19. The lowest BCUT2D eigenvalue weighted by Crippen LogP contribution is -2.37. The molecule has 3 aromatic rings. The Morgan fingerprint density at radius 2 is 1.80 bits per heavy atom. The zero-order chi connectivity index (χ0) is 13.9. The van der Waals surface area contributed by atoms with Crippen molar-refractivity contribution in [2.75, 3.05) is 0 Å². The number of pyridine rings is 1. The smallest absolute Gasteiger partial charge is 0.227 e. The van der Waals surface area contributed by atoms with Crippen molar-refractivity contribution in [3.8, 4) is 0 Å². The van der Waals surface area contributed by atoms with E-state index < -0.39 is 0 Å². The van der Waals surface area contributed by atoms with Crippen LogP contribution < -0.4 is 4.57 Å². The summed E-state index contributed by atoms with van der Waals surface area (Å²) in [5.74, 6) is 0.0944. The van der Waals surface area contributed by atoms with E-state index >= 15 is 0 Å². The van der Waals surface area contributed by atoms with Crippen LogP contribution in [0, 0.1) is 0 Å². The van der Waals surface area contributed by atoms with E-state index in [2.05, 4.69) is 0 Å². The van der Waals surface area contributed by atoms with E-state index in [4.69, 9.17) is 11.6 Å². The molecule has 0 spiro atoms. The Morgan fingerprint density at radius 1 is 1.00 bits per heavy atom. The summed E-state index contributed by atoms with van der Waals surface area (Å²) < 4.78 is 1.88. The van der Waals surface area contributed by atoms with Gasteiger partial charge in [0.05, 0.1) is 0 Å². The molecule has 0 amide bonds. The van der Waals surface area contributed by atoms with Crippen LogP contribution in [0.3, 0.4) is 0 Å². The van der Waals surface area contributed by atoms with Crippen molar-refractivity contribution in [3.63, 3.8) is 0 Å². The number of Topliss-reactive ketones (excluding diaryl/α,β-unsaturated/α-hetero) is 1. The molecule has 2 nitrogen and oxygen atoms in total. The molecule has 0 unspecified atom stereocenters. The monoisotopic (exact) mass is 282 g/mol. The van der Waals surface area contributed by atoms with Gasteiger partial charge in [-0.3, -0.25) is 4.79 Å². The van der Waals surface area contributed by atoms with Gasteiger partial charge >= 0.3 is 0 Å². The maximum absolute atomic E-state index is 12.2. The molecule has 0 N–H and O–H groups in total. The van der Waals surface area contributed by atoms with Gasteiger partial charge < -0.3 is 0 Å². The van der Waals surface area contributed by atoms with Crippen molar-refractivity contribution in [2.24, 2.45) is 0 Å². The van der Waals surface area contributed by atoms with E-state index in [1.807, 2.05) is 71.6 Å². The van der Waals surface area contributed by atoms with Crippen molar-refractivity contribution in [2.45, 2.75) is 6.54 Å². The Labute approximate surface area is 122 Å². The number of halogens is 1. The number of benzene rings is 2. The van der Waals surface area contributed by atoms with Gasteiger partial charge in [-0.25, -0.2) is 0 Å². The van der Waals surface area contributed by atoms with Crippen LogP contribution in [0.4, 0.5) is 0 Å². The molecule has 0 aliphatic heterocycles. The summed E-state index contributed by atoms with van der Waals surface area (Å²) in [5, 5.41) is 2.75. The molecular formula is C17H13ClNO+. The third kappa shape index (κ3) is 2.56. The van der Waals surface area contributed by atoms with Gasteiger partial charge in [0.15, 0.2) is 12.4 Å². The Balaban J connectivity index is 1.90. The zero-order valence-electron chi connectivity index (χ0n) is 10.8. The quantitative estimate of drug-likeness (QED) is 0.530. The summed E-state index contributed by atoms with van der Waals surface area (Å²) in [7, 11) is 0. The van der Waals surface area contributed by atoms with Crippen molar-refractivity contribution < 1.29 is 9.36 Å². The molecule has 3 rings (SSSR count). The van der Waals surface area contributed by atoms with Gasteiger partial charge in [-0.15, -0.1) is 0 Å². The van der Waals surface area contributed by atoms with Crippen molar-refractivity contribution in [3.05, 3.63) is 77.6 Å². The van der Waals surface area contributed by atoms with Gasteiger partial charge in [-0.2, -0.15) is 4.57 Å². The fraction of sp³-hybridized carbons (Fsp3) is 0.0588. The number of nitrogens with zero attached hydrogens (tertiary/aromatic N) is 1. The molecule has 0 saturated heterocycles. The van der Waals surface area contributed by atoms with Crippen molar-refractivity contribution in [1.29, 1.82) is 0 Å². The second-order valence-corrected chi connectivity index (χ2v) is 5.06. The summed E-state index contributed by atoms with van der Waals surface area (Å²) in [6.45, 7) is 0.326. The molecule has 2 aromatic carbocycles. The predicted molar refractivity (Wildman–Crippen MR) is 79.9 cm³/mol. The molecule has 0 bridgehead atoms. The highest BCUT2D eigenvalue weighted by Crippen LogP contribution is 2.21. The van der Waals surface area contributed by atoms with Crippen LogP contribution in [0.15, 0.2) is 67.0 Å². The molecular weight excluding hydrogens is 270 g/mol. The summed E-state index contributed by atoms with van der Waals surface area (Å²) >= 11 is 6.13. The zero-order valence-corrected chi connectivity index (χ0v) is 11.5. The first kappa shape index (κ1) is 12.8. The SMILES string of the molecule is O=C(C[n+]1ccc2c(Cl)cccc2c1)c1ccccc1. The lowest BCUT2D eigenvalue weighted by atomic mass is 10.1. The van der Waals surface area contributed by atoms with Crippen LogP contribution in [-0.4, -0.2) is 5.78 Å². The van der Waals surface area contributed by atoms with Gasteiger partial charge in [-0.1, -0.05) is 48.0 Å². The van der Waals surface area contributed by atoms with Crippen molar-refractivity contribution >= 4 is 28.2 Å². The van der Waals surface area contributed by atoms with E-state index in [0.29, 0.717) is 6.54 Å². The predicted octanol–water partition coefficient (Wildman–Crippen LogP) is 3.66. The maximum Gasteiger partial charge on any atom is 0.227 e. The first-order chi connectivity index (χ1) is 9.74. The van der Waals surface area contributed by atoms with Crippen LogP contribution in [0.5, 0.6) is 0 Å². The minimum Gasteiger partial charge on any atom is -0.287 e. The van der Waals surface area contributed by atoms with Crippen LogP contribution in [0.2, 0.25) is 5.02 Å². The van der Waals surface area contributed by atoms with Crippen LogP contribution >= 0.6 is 11.6 Å². The Bertz CT molecular complexity index is 768. The van der Waals surface area contributed by atoms with Crippen LogP contribution in [0.1, 0.15) is 10.4 Å². The minimum atomic E-state index is 0.0944. The number of fused-ring (bicyclic) bond motifs is 1. The molecule has 0 fully saturated rings. The summed E-state index contributed by atoms with van der Waals surface area (Å²) in [6.07, 6.45) is 3.83. The highest BCUT2D eigenvalue weighted by molar-refractivity contribution is 6.35. The van der Waals surface area contributed by atoms with E-state index in [-0.39, 0.29) is 5.78 Å². The van der Waals surface area contributed by atoms with E-state index in [1.54, 1.807) is 0 Å². The summed E-state index contributed by atoms with van der Waals surface area (Å²) in [5.41, 5.74) is 0.728. The van der Waals surface area contributed by atoms with Gasteiger partial charge in [0.2, 0.25) is 12.3 Å². The van der Waals surface area contributed by atoms with Crippen molar-refractivity contribution in [1.82, 2.24) is 0 Å². The van der Waals surface area contributed by atoms with Gasteiger partial charge in [-0.05, 0) is 12.1 Å². The Kier molecular flexibility index (Phi) is 3.48. The average Bonchev–Trinajstić information content (AvgIpc) is 2.48. The fourth-order valence-corrected chi connectivity index (χ4v) is 2.46. The standard InChI is InChI=1S/C17H13ClNO/c18-16-8-4-7-14-11-19(10-9-15(14)16)12-17(20)13-5-2-1-3-6-13/h1-11H,12H2/q+1.